The SMILES string of the molecule is O/N=C1/Cc2ccccc2[C@H]1Sc1nc(-c2ccccc2)c(-c2ccccc2)o1. The van der Waals surface area contributed by atoms with Crippen LogP contribution >= 0.6 is 11.8 Å². The molecule has 0 saturated carbocycles. The zero-order valence-corrected chi connectivity index (χ0v) is 16.3. The highest BCUT2D eigenvalue weighted by Gasteiger charge is 2.32. The number of nitrogens with zero attached hydrogens (tertiary/aromatic N) is 2. The van der Waals surface area contributed by atoms with Crippen LogP contribution < -0.4 is 0 Å². The molecule has 0 saturated heterocycles. The van der Waals surface area contributed by atoms with Crippen molar-refractivity contribution in [1.82, 2.24) is 4.98 Å². The molecule has 1 aliphatic carbocycles. The van der Waals surface area contributed by atoms with Crippen molar-refractivity contribution in [3.05, 3.63) is 96.1 Å². The number of fused-ring (bicyclic) bond motifs is 1. The zero-order chi connectivity index (χ0) is 19.6. The van der Waals surface area contributed by atoms with E-state index in [1.54, 1.807) is 0 Å². The van der Waals surface area contributed by atoms with Gasteiger partial charge in [0.1, 0.15) is 5.69 Å². The number of aromatic nitrogens is 1. The van der Waals surface area contributed by atoms with Crippen molar-refractivity contribution in [1.29, 1.82) is 0 Å². The Kier molecular flexibility index (Phi) is 4.66. The van der Waals surface area contributed by atoms with Crippen LogP contribution in [0.5, 0.6) is 0 Å². The van der Waals surface area contributed by atoms with Gasteiger partial charge in [-0.25, -0.2) is 4.98 Å². The summed E-state index contributed by atoms with van der Waals surface area (Å²) in [6, 6.07) is 28.2. The minimum Gasteiger partial charge on any atom is -0.431 e. The van der Waals surface area contributed by atoms with Gasteiger partial charge in [0, 0.05) is 17.5 Å². The molecule has 3 aromatic carbocycles. The highest BCUT2D eigenvalue weighted by molar-refractivity contribution is 8.00. The summed E-state index contributed by atoms with van der Waals surface area (Å²) < 4.78 is 6.24. The van der Waals surface area contributed by atoms with Crippen molar-refractivity contribution in [2.24, 2.45) is 5.16 Å². The molecular weight excluding hydrogens is 380 g/mol. The molecule has 1 atom stereocenters. The van der Waals surface area contributed by atoms with Gasteiger partial charge < -0.3 is 9.62 Å². The Morgan fingerprint density at radius 3 is 2.24 bits per heavy atom. The van der Waals surface area contributed by atoms with Gasteiger partial charge in [0.25, 0.3) is 5.22 Å². The maximum absolute atomic E-state index is 9.53. The first-order valence-electron chi connectivity index (χ1n) is 9.40. The molecule has 0 bridgehead atoms. The van der Waals surface area contributed by atoms with Crippen LogP contribution in [0.4, 0.5) is 0 Å². The topological polar surface area (TPSA) is 58.6 Å². The predicted octanol–water partition coefficient (Wildman–Crippen LogP) is 6.23. The van der Waals surface area contributed by atoms with Gasteiger partial charge in [0.15, 0.2) is 5.76 Å². The smallest absolute Gasteiger partial charge is 0.257 e. The van der Waals surface area contributed by atoms with Gasteiger partial charge in [-0.2, -0.15) is 0 Å². The van der Waals surface area contributed by atoms with E-state index in [4.69, 9.17) is 9.40 Å². The molecule has 5 heteroatoms. The molecule has 1 aromatic heterocycles. The third-order valence-electron chi connectivity index (χ3n) is 5.05. The molecule has 0 fully saturated rings. The summed E-state index contributed by atoms with van der Waals surface area (Å²) in [6.45, 7) is 0. The lowest BCUT2D eigenvalue weighted by Crippen LogP contribution is -2.02. The van der Waals surface area contributed by atoms with Crippen molar-refractivity contribution < 1.29 is 9.62 Å². The summed E-state index contributed by atoms with van der Waals surface area (Å²) in [5.74, 6) is 0.744. The van der Waals surface area contributed by atoms with Crippen LogP contribution in [0.2, 0.25) is 0 Å². The number of hydrogen-bond donors (Lipinski definition) is 1. The largest absolute Gasteiger partial charge is 0.431 e. The van der Waals surface area contributed by atoms with E-state index >= 15 is 0 Å². The molecule has 4 nitrogen and oxygen atoms in total. The first-order valence-corrected chi connectivity index (χ1v) is 10.3. The zero-order valence-electron chi connectivity index (χ0n) is 15.5. The molecule has 142 valence electrons. The summed E-state index contributed by atoms with van der Waals surface area (Å²) in [5.41, 5.74) is 5.84. The fourth-order valence-electron chi connectivity index (χ4n) is 3.67. The molecule has 5 rings (SSSR count). The van der Waals surface area contributed by atoms with Gasteiger partial charge in [-0.05, 0) is 11.1 Å². The van der Waals surface area contributed by atoms with Crippen molar-refractivity contribution >= 4 is 17.5 Å². The van der Waals surface area contributed by atoms with Gasteiger partial charge in [-0.1, -0.05) is 102 Å². The van der Waals surface area contributed by atoms with Crippen molar-refractivity contribution in [2.75, 3.05) is 0 Å². The molecule has 0 radical (unpaired) electrons. The summed E-state index contributed by atoms with van der Waals surface area (Å²) in [7, 11) is 0. The molecule has 0 amide bonds. The molecule has 4 aromatic rings. The predicted molar refractivity (Wildman–Crippen MR) is 115 cm³/mol. The molecule has 1 aliphatic rings. The lowest BCUT2D eigenvalue weighted by molar-refractivity contribution is 0.317. The molecule has 1 N–H and O–H groups in total. The van der Waals surface area contributed by atoms with Gasteiger partial charge in [-0.3, -0.25) is 0 Å². The molecule has 0 spiro atoms. The van der Waals surface area contributed by atoms with E-state index in [-0.39, 0.29) is 5.25 Å². The Balaban J connectivity index is 1.57. The Labute approximate surface area is 172 Å². The van der Waals surface area contributed by atoms with Crippen LogP contribution in [0, 0.1) is 0 Å². The van der Waals surface area contributed by atoms with Crippen LogP contribution in [0.1, 0.15) is 16.4 Å². The number of thioether (sulfide) groups is 1. The van der Waals surface area contributed by atoms with E-state index in [0.29, 0.717) is 11.6 Å². The quantitative estimate of drug-likeness (QED) is 0.327. The number of benzene rings is 3. The highest BCUT2D eigenvalue weighted by atomic mass is 32.2. The molecule has 0 unspecified atom stereocenters. The third-order valence-corrected chi connectivity index (χ3v) is 6.19. The minimum absolute atomic E-state index is 0.109. The maximum Gasteiger partial charge on any atom is 0.257 e. The number of oxazole rings is 1. The Bertz CT molecular complexity index is 1110. The van der Waals surface area contributed by atoms with Gasteiger partial charge in [0.05, 0.1) is 11.0 Å². The van der Waals surface area contributed by atoms with Gasteiger partial charge in [0.2, 0.25) is 0 Å². The van der Waals surface area contributed by atoms with E-state index in [1.807, 2.05) is 72.8 Å². The Hall–Kier alpha value is -3.31. The number of oxime groups is 1. The van der Waals surface area contributed by atoms with Gasteiger partial charge >= 0.3 is 0 Å². The average molecular weight is 398 g/mol. The van der Waals surface area contributed by atoms with Crippen LogP contribution in [0.25, 0.3) is 22.6 Å². The second kappa shape index (κ2) is 7.60. The standard InChI is InChI=1S/C24H18N2O2S/c27-26-20-15-18-13-7-8-14-19(18)23(20)29-24-25-21(16-9-3-1-4-10-16)22(28-24)17-11-5-2-6-12-17/h1-14,23,27H,15H2/b26-20-/t23-/m1/s1. The van der Waals surface area contributed by atoms with Crippen LogP contribution in [-0.2, 0) is 6.42 Å². The monoisotopic (exact) mass is 398 g/mol. The lowest BCUT2D eigenvalue weighted by Gasteiger charge is -2.08. The summed E-state index contributed by atoms with van der Waals surface area (Å²) in [4.78, 5) is 4.82. The molecule has 0 aliphatic heterocycles. The van der Waals surface area contributed by atoms with Crippen LogP contribution in [-0.4, -0.2) is 15.9 Å². The Morgan fingerprint density at radius 2 is 1.52 bits per heavy atom. The normalized spacial score (nSPS) is 16.8. The first kappa shape index (κ1) is 17.8. The van der Waals surface area contributed by atoms with Crippen molar-refractivity contribution in [2.45, 2.75) is 16.9 Å². The fourth-order valence-corrected chi connectivity index (χ4v) is 4.77. The molecular formula is C24H18N2O2S. The van der Waals surface area contributed by atoms with Crippen LogP contribution in [0.15, 0.2) is 99.7 Å². The first-order chi connectivity index (χ1) is 14.3. The fraction of sp³-hybridized carbons (Fsp3) is 0.0833. The Morgan fingerprint density at radius 1 is 0.862 bits per heavy atom. The molecule has 1 heterocycles. The molecule has 29 heavy (non-hydrogen) atoms. The van der Waals surface area contributed by atoms with E-state index in [0.717, 1.165) is 33.9 Å². The summed E-state index contributed by atoms with van der Waals surface area (Å²) in [6.07, 6.45) is 0.641. The van der Waals surface area contributed by atoms with E-state index in [2.05, 4.69) is 17.3 Å². The number of rotatable bonds is 4. The van der Waals surface area contributed by atoms with E-state index < -0.39 is 0 Å². The average Bonchev–Trinajstić information content (AvgIpc) is 3.37. The summed E-state index contributed by atoms with van der Waals surface area (Å²) >= 11 is 1.48. The lowest BCUT2D eigenvalue weighted by atomic mass is 10.1. The number of hydrogen-bond acceptors (Lipinski definition) is 5. The summed E-state index contributed by atoms with van der Waals surface area (Å²) in [5, 5.41) is 13.5. The maximum atomic E-state index is 9.53. The second-order valence-corrected chi connectivity index (χ2v) is 7.91. The van der Waals surface area contributed by atoms with Crippen LogP contribution in [0.3, 0.4) is 0 Å². The van der Waals surface area contributed by atoms with E-state index in [9.17, 15) is 5.21 Å². The minimum atomic E-state index is -0.109. The van der Waals surface area contributed by atoms with Gasteiger partial charge in [-0.15, -0.1) is 0 Å². The highest BCUT2D eigenvalue weighted by Crippen LogP contribution is 2.45. The third kappa shape index (κ3) is 3.34. The van der Waals surface area contributed by atoms with Crippen molar-refractivity contribution in [3.8, 4) is 22.6 Å². The van der Waals surface area contributed by atoms with E-state index in [1.165, 1.54) is 17.3 Å². The van der Waals surface area contributed by atoms with Crippen molar-refractivity contribution in [3.63, 3.8) is 0 Å². The second-order valence-electron chi connectivity index (χ2n) is 6.85.